The number of carbonyl (C=O) groups is 4. The van der Waals surface area contributed by atoms with Crippen LogP contribution in [0.25, 0.3) is 0 Å². The van der Waals surface area contributed by atoms with Crippen molar-refractivity contribution in [1.82, 2.24) is 0 Å². The van der Waals surface area contributed by atoms with Crippen molar-refractivity contribution in [3.8, 4) is 0 Å². The minimum atomic E-state index is -1.11. The topological polar surface area (TPSA) is 97.7 Å². The first-order valence-corrected chi connectivity index (χ1v) is 7.22. The van der Waals surface area contributed by atoms with E-state index in [1.54, 1.807) is 0 Å². The monoisotopic (exact) mass is 292 g/mol. The molecule has 1 unspecified atom stereocenters. The fourth-order valence-corrected chi connectivity index (χ4v) is 2.49. The summed E-state index contributed by atoms with van der Waals surface area (Å²) in [6, 6.07) is 0. The van der Waals surface area contributed by atoms with Crippen molar-refractivity contribution >= 4 is 23.5 Å². The van der Waals surface area contributed by atoms with E-state index in [1.807, 2.05) is 0 Å². The Morgan fingerprint density at radius 3 is 2.10 bits per heavy atom. The summed E-state index contributed by atoms with van der Waals surface area (Å²) in [6.07, 6.45) is 2.70. The second-order valence-electron chi connectivity index (χ2n) is 6.00. The van der Waals surface area contributed by atoms with Gasteiger partial charge in [-0.15, -0.1) is 0 Å². The molecular formula is C15H16O6. The number of ketones is 2. The zero-order valence-electron chi connectivity index (χ0n) is 11.5. The van der Waals surface area contributed by atoms with E-state index >= 15 is 0 Å². The van der Waals surface area contributed by atoms with E-state index < -0.39 is 23.6 Å². The number of rotatable bonds is 5. The van der Waals surface area contributed by atoms with E-state index in [1.165, 1.54) is 0 Å². The van der Waals surface area contributed by atoms with Crippen molar-refractivity contribution in [2.24, 2.45) is 17.8 Å². The Morgan fingerprint density at radius 2 is 1.57 bits per heavy atom. The second kappa shape index (κ2) is 5.09. The summed E-state index contributed by atoms with van der Waals surface area (Å²) in [4.78, 5) is 47.2. The third-order valence-electron chi connectivity index (χ3n) is 4.10. The molecule has 1 atom stereocenters. The largest absolute Gasteiger partial charge is 0.481 e. The number of Topliss-reactive ketones (excluding diaryl/α,β-unsaturated/α-hetero) is 2. The summed E-state index contributed by atoms with van der Waals surface area (Å²) in [5, 5.41) is 9.08. The fraction of sp³-hybridized carbons (Fsp3) is 0.600. The van der Waals surface area contributed by atoms with E-state index in [9.17, 15) is 19.2 Å². The van der Waals surface area contributed by atoms with Gasteiger partial charge in [0.15, 0.2) is 11.6 Å². The number of allylic oxidation sites excluding steroid dienone is 2. The third kappa shape index (κ3) is 2.89. The highest BCUT2D eigenvalue weighted by Crippen LogP contribution is 2.38. The molecule has 2 fully saturated rings. The summed E-state index contributed by atoms with van der Waals surface area (Å²) < 4.78 is 5.21. The van der Waals surface area contributed by atoms with Crippen LogP contribution in [0, 0.1) is 17.8 Å². The summed E-state index contributed by atoms with van der Waals surface area (Å²) in [5.41, 5.74) is -0.0657. The smallest absolute Gasteiger partial charge is 0.314 e. The van der Waals surface area contributed by atoms with Crippen LogP contribution < -0.4 is 0 Å². The number of aliphatic carboxylic acids is 1. The average Bonchev–Trinajstić information content (AvgIpc) is 3.29. The Kier molecular flexibility index (Phi) is 3.39. The van der Waals surface area contributed by atoms with E-state index in [0.29, 0.717) is 0 Å². The van der Waals surface area contributed by atoms with Crippen LogP contribution in [0.3, 0.4) is 0 Å². The highest BCUT2D eigenvalue weighted by Gasteiger charge is 2.43. The number of carboxylic acid groups (broad SMARTS) is 1. The van der Waals surface area contributed by atoms with Crippen molar-refractivity contribution in [2.75, 3.05) is 0 Å². The molecule has 21 heavy (non-hydrogen) atoms. The summed E-state index contributed by atoms with van der Waals surface area (Å²) in [6.45, 7) is 0. The van der Waals surface area contributed by atoms with Crippen molar-refractivity contribution in [3.05, 3.63) is 11.3 Å². The molecule has 6 heteroatoms. The predicted molar refractivity (Wildman–Crippen MR) is 68.9 cm³/mol. The van der Waals surface area contributed by atoms with Crippen LogP contribution in [0.4, 0.5) is 0 Å². The van der Waals surface area contributed by atoms with E-state index in [0.717, 1.165) is 25.7 Å². The molecule has 0 saturated heterocycles. The molecule has 3 rings (SSSR count). The van der Waals surface area contributed by atoms with Crippen LogP contribution >= 0.6 is 0 Å². The van der Waals surface area contributed by atoms with Gasteiger partial charge in [-0.2, -0.15) is 0 Å². The lowest BCUT2D eigenvalue weighted by Gasteiger charge is -2.22. The molecule has 0 radical (unpaired) electrons. The maximum Gasteiger partial charge on any atom is 0.314 e. The van der Waals surface area contributed by atoms with Gasteiger partial charge >= 0.3 is 11.9 Å². The summed E-state index contributed by atoms with van der Waals surface area (Å²) >= 11 is 0. The molecule has 0 aliphatic heterocycles. The molecule has 0 aromatic heterocycles. The lowest BCUT2D eigenvalue weighted by atomic mass is 9.84. The normalized spacial score (nSPS) is 25.7. The highest BCUT2D eigenvalue weighted by atomic mass is 16.5. The van der Waals surface area contributed by atoms with Crippen molar-refractivity contribution in [3.63, 3.8) is 0 Å². The van der Waals surface area contributed by atoms with Crippen molar-refractivity contribution in [2.45, 2.75) is 38.5 Å². The van der Waals surface area contributed by atoms with Gasteiger partial charge in [0.05, 0.1) is 17.4 Å². The second-order valence-corrected chi connectivity index (χ2v) is 6.00. The first-order valence-electron chi connectivity index (χ1n) is 7.22. The molecule has 3 aliphatic carbocycles. The molecule has 1 N–H and O–H groups in total. The zero-order chi connectivity index (χ0) is 15.1. The van der Waals surface area contributed by atoms with Crippen LogP contribution in [0.15, 0.2) is 11.3 Å². The molecule has 0 amide bonds. The number of carbonyl (C=O) groups excluding carboxylic acids is 3. The van der Waals surface area contributed by atoms with E-state index in [2.05, 4.69) is 0 Å². The predicted octanol–water partition coefficient (Wildman–Crippen LogP) is 1.24. The molecule has 0 aromatic rings. The first-order chi connectivity index (χ1) is 9.97. The van der Waals surface area contributed by atoms with Gasteiger partial charge in [-0.05, 0) is 25.7 Å². The minimum Gasteiger partial charge on any atom is -0.481 e. The molecular weight excluding hydrogens is 276 g/mol. The van der Waals surface area contributed by atoms with Gasteiger partial charge in [0.25, 0.3) is 0 Å². The Hall–Kier alpha value is -1.98. The maximum absolute atomic E-state index is 12.2. The molecule has 2 saturated carbocycles. The molecule has 0 bridgehead atoms. The SMILES string of the molecule is O=C1CC(C(=O)O)CC(OC(=O)C2CC2)=C1C(=O)C1CC1. The van der Waals surface area contributed by atoms with Gasteiger partial charge in [0.1, 0.15) is 5.76 Å². The van der Waals surface area contributed by atoms with E-state index in [-0.39, 0.29) is 41.8 Å². The molecule has 3 aliphatic rings. The van der Waals surface area contributed by atoms with Gasteiger partial charge in [-0.25, -0.2) is 0 Å². The lowest BCUT2D eigenvalue weighted by molar-refractivity contribution is -0.147. The van der Waals surface area contributed by atoms with Crippen LogP contribution in [0.1, 0.15) is 38.5 Å². The minimum absolute atomic E-state index is 0.0209. The molecule has 0 heterocycles. The van der Waals surface area contributed by atoms with Gasteiger partial charge in [-0.1, -0.05) is 0 Å². The Morgan fingerprint density at radius 1 is 0.952 bits per heavy atom. The Balaban J connectivity index is 1.88. The fourth-order valence-electron chi connectivity index (χ4n) is 2.49. The molecule has 0 aromatic carbocycles. The summed E-state index contributed by atoms with van der Waals surface area (Å²) in [5.74, 6) is -3.64. The number of hydrogen-bond acceptors (Lipinski definition) is 5. The molecule has 112 valence electrons. The number of esters is 1. The summed E-state index contributed by atoms with van der Waals surface area (Å²) in [7, 11) is 0. The quantitative estimate of drug-likeness (QED) is 0.604. The number of ether oxygens (including phenoxy) is 1. The van der Waals surface area contributed by atoms with E-state index in [4.69, 9.17) is 9.84 Å². The standard InChI is InChI=1S/C15H16O6/c16-10-5-9(14(18)19)6-11(21-15(20)8-3-4-8)12(10)13(17)7-1-2-7/h7-9H,1-6H2,(H,18,19). The van der Waals surface area contributed by atoms with Crippen molar-refractivity contribution in [1.29, 1.82) is 0 Å². The van der Waals surface area contributed by atoms with Crippen LogP contribution in [-0.4, -0.2) is 28.6 Å². The maximum atomic E-state index is 12.2. The van der Waals surface area contributed by atoms with Gasteiger partial charge < -0.3 is 9.84 Å². The van der Waals surface area contributed by atoms with Crippen LogP contribution in [0.5, 0.6) is 0 Å². The molecule has 6 nitrogen and oxygen atoms in total. The number of carboxylic acids is 1. The van der Waals surface area contributed by atoms with Crippen molar-refractivity contribution < 1.29 is 29.0 Å². The van der Waals surface area contributed by atoms with Gasteiger partial charge in [0.2, 0.25) is 0 Å². The third-order valence-corrected chi connectivity index (χ3v) is 4.10. The highest BCUT2D eigenvalue weighted by molar-refractivity contribution is 6.22. The van der Waals surface area contributed by atoms with Crippen LogP contribution in [-0.2, 0) is 23.9 Å². The number of hydrogen-bond donors (Lipinski definition) is 1. The van der Waals surface area contributed by atoms with Gasteiger partial charge in [-0.3, -0.25) is 19.2 Å². The molecule has 0 spiro atoms. The first kappa shape index (κ1) is 14.0. The van der Waals surface area contributed by atoms with Gasteiger partial charge in [0, 0.05) is 18.8 Å². The van der Waals surface area contributed by atoms with Crippen LogP contribution in [0.2, 0.25) is 0 Å². The lowest BCUT2D eigenvalue weighted by Crippen LogP contribution is -2.30. The Bertz CT molecular complexity index is 565. The zero-order valence-corrected chi connectivity index (χ0v) is 11.5. The Labute approximate surface area is 121 Å². The average molecular weight is 292 g/mol.